The van der Waals surface area contributed by atoms with Gasteiger partial charge in [-0.15, -0.1) is 0 Å². The highest BCUT2D eigenvalue weighted by atomic mass is 16.5. The lowest BCUT2D eigenvalue weighted by molar-refractivity contribution is -0.136. The average molecular weight is 289 g/mol. The molecule has 0 spiro atoms. The molecule has 1 aliphatic rings. The minimum atomic E-state index is -0.421. The second-order valence-corrected chi connectivity index (χ2v) is 7.21. The van der Waals surface area contributed by atoms with Gasteiger partial charge in [0.2, 0.25) is 0 Å². The Balaban J connectivity index is 1.96. The second-order valence-electron chi connectivity index (χ2n) is 7.21. The van der Waals surface area contributed by atoms with Crippen molar-refractivity contribution in [2.45, 2.75) is 52.6 Å². The Bertz CT molecular complexity index is 487. The maximum Gasteiger partial charge on any atom is 0.263 e. The lowest BCUT2D eigenvalue weighted by Crippen LogP contribution is -2.39. The Morgan fingerprint density at radius 1 is 1.29 bits per heavy atom. The number of rotatable bonds is 3. The van der Waals surface area contributed by atoms with Crippen molar-refractivity contribution in [1.82, 2.24) is 4.90 Å². The summed E-state index contributed by atoms with van der Waals surface area (Å²) in [6.07, 6.45) is 0.675. The highest BCUT2D eigenvalue weighted by Gasteiger charge is 2.27. The van der Waals surface area contributed by atoms with Crippen molar-refractivity contribution in [3.05, 3.63) is 29.8 Å². The molecule has 0 saturated carbocycles. The van der Waals surface area contributed by atoms with Crippen LogP contribution in [0.5, 0.6) is 5.75 Å². The van der Waals surface area contributed by atoms with Crippen molar-refractivity contribution >= 4 is 5.91 Å². The Morgan fingerprint density at radius 3 is 2.38 bits per heavy atom. The molecular formula is C18H27NO2. The fourth-order valence-electron chi connectivity index (χ4n) is 2.68. The molecule has 0 aromatic heterocycles. The van der Waals surface area contributed by atoms with E-state index >= 15 is 0 Å². The van der Waals surface area contributed by atoms with Crippen LogP contribution in [0.25, 0.3) is 0 Å². The monoisotopic (exact) mass is 289 g/mol. The highest BCUT2D eigenvalue weighted by Crippen LogP contribution is 2.25. The fourth-order valence-corrected chi connectivity index (χ4v) is 2.68. The third-order valence-corrected chi connectivity index (χ3v) is 4.12. The number of hydrogen-bond donors (Lipinski definition) is 0. The molecule has 1 heterocycles. The molecule has 0 aliphatic carbocycles. The van der Waals surface area contributed by atoms with Gasteiger partial charge in [0.15, 0.2) is 6.10 Å². The highest BCUT2D eigenvalue weighted by molar-refractivity contribution is 5.81. The topological polar surface area (TPSA) is 29.5 Å². The van der Waals surface area contributed by atoms with Crippen LogP contribution in [0, 0.1) is 5.92 Å². The van der Waals surface area contributed by atoms with E-state index in [1.807, 2.05) is 24.0 Å². The largest absolute Gasteiger partial charge is 0.481 e. The van der Waals surface area contributed by atoms with E-state index in [1.165, 1.54) is 5.56 Å². The van der Waals surface area contributed by atoms with E-state index in [-0.39, 0.29) is 11.3 Å². The van der Waals surface area contributed by atoms with Gasteiger partial charge in [-0.05, 0) is 42.4 Å². The molecule has 21 heavy (non-hydrogen) atoms. The first kappa shape index (κ1) is 15.9. The molecule has 3 heteroatoms. The molecule has 1 fully saturated rings. The normalized spacial score (nSPS) is 20.4. The predicted molar refractivity (Wildman–Crippen MR) is 85.6 cm³/mol. The van der Waals surface area contributed by atoms with Crippen molar-refractivity contribution in [2.24, 2.45) is 5.92 Å². The summed E-state index contributed by atoms with van der Waals surface area (Å²) in [7, 11) is 0. The van der Waals surface area contributed by atoms with Crippen molar-refractivity contribution in [2.75, 3.05) is 13.1 Å². The van der Waals surface area contributed by atoms with Gasteiger partial charge in [-0.3, -0.25) is 4.79 Å². The number of likely N-dealkylation sites (tertiary alicyclic amines) is 1. The van der Waals surface area contributed by atoms with Gasteiger partial charge in [0.1, 0.15) is 5.75 Å². The molecular weight excluding hydrogens is 262 g/mol. The minimum Gasteiger partial charge on any atom is -0.481 e. The van der Waals surface area contributed by atoms with E-state index in [1.54, 1.807) is 0 Å². The number of benzene rings is 1. The number of carbonyl (C=O) groups is 1. The second kappa shape index (κ2) is 6.08. The first-order chi connectivity index (χ1) is 9.77. The van der Waals surface area contributed by atoms with Gasteiger partial charge in [0.05, 0.1) is 0 Å². The van der Waals surface area contributed by atoms with Crippen molar-refractivity contribution in [3.63, 3.8) is 0 Å². The summed E-state index contributed by atoms with van der Waals surface area (Å²) in [4.78, 5) is 14.2. The summed E-state index contributed by atoms with van der Waals surface area (Å²) < 4.78 is 5.80. The molecule has 1 aromatic carbocycles. The lowest BCUT2D eigenvalue weighted by Gasteiger charge is -2.22. The molecule has 2 unspecified atom stereocenters. The molecule has 1 saturated heterocycles. The zero-order valence-electron chi connectivity index (χ0n) is 13.8. The van der Waals surface area contributed by atoms with Crippen molar-refractivity contribution < 1.29 is 9.53 Å². The van der Waals surface area contributed by atoms with Crippen LogP contribution in [0.2, 0.25) is 0 Å². The Labute approximate surface area is 128 Å². The van der Waals surface area contributed by atoms with E-state index in [0.717, 1.165) is 25.3 Å². The summed E-state index contributed by atoms with van der Waals surface area (Å²) in [5.41, 5.74) is 1.40. The molecule has 2 rings (SSSR count). The maximum absolute atomic E-state index is 12.3. The number of nitrogens with zero attached hydrogens (tertiary/aromatic N) is 1. The number of ether oxygens (including phenoxy) is 1. The minimum absolute atomic E-state index is 0.0965. The molecule has 1 aromatic rings. The van der Waals surface area contributed by atoms with E-state index in [0.29, 0.717) is 5.92 Å². The van der Waals surface area contributed by atoms with Crippen LogP contribution in [0.15, 0.2) is 24.3 Å². The summed E-state index contributed by atoms with van der Waals surface area (Å²) >= 11 is 0. The van der Waals surface area contributed by atoms with Gasteiger partial charge in [-0.1, -0.05) is 39.8 Å². The van der Waals surface area contributed by atoms with Crippen LogP contribution in [-0.2, 0) is 10.2 Å². The molecule has 0 N–H and O–H groups in total. The van der Waals surface area contributed by atoms with Gasteiger partial charge in [-0.2, -0.15) is 0 Å². The molecule has 3 nitrogen and oxygen atoms in total. The van der Waals surface area contributed by atoms with Crippen molar-refractivity contribution in [1.29, 1.82) is 0 Å². The van der Waals surface area contributed by atoms with Crippen LogP contribution in [0.3, 0.4) is 0 Å². The van der Waals surface area contributed by atoms with Crippen LogP contribution in [-0.4, -0.2) is 30.0 Å². The maximum atomic E-state index is 12.3. The van der Waals surface area contributed by atoms with E-state index in [2.05, 4.69) is 39.8 Å². The third kappa shape index (κ3) is 3.99. The summed E-state index contributed by atoms with van der Waals surface area (Å²) in [5, 5.41) is 0. The Kier molecular flexibility index (Phi) is 4.60. The molecule has 1 aliphatic heterocycles. The van der Waals surface area contributed by atoms with Crippen LogP contribution in [0.4, 0.5) is 0 Å². The van der Waals surface area contributed by atoms with Gasteiger partial charge in [0.25, 0.3) is 5.91 Å². The standard InChI is InChI=1S/C18H27NO2/c1-13-10-11-19(12-13)17(20)14(2)21-16-8-6-15(7-9-16)18(3,4)5/h6-9,13-14H,10-12H2,1-5H3. The van der Waals surface area contributed by atoms with E-state index in [9.17, 15) is 4.79 Å². The predicted octanol–water partition coefficient (Wildman–Crippen LogP) is 3.62. The Hall–Kier alpha value is -1.51. The Morgan fingerprint density at radius 2 is 1.90 bits per heavy atom. The summed E-state index contributed by atoms with van der Waals surface area (Å²) in [6.45, 7) is 12.3. The number of hydrogen-bond acceptors (Lipinski definition) is 2. The van der Waals surface area contributed by atoms with Gasteiger partial charge in [0, 0.05) is 13.1 Å². The van der Waals surface area contributed by atoms with Crippen molar-refractivity contribution in [3.8, 4) is 5.75 Å². The van der Waals surface area contributed by atoms with E-state index < -0.39 is 6.10 Å². The lowest BCUT2D eigenvalue weighted by atomic mass is 9.87. The summed E-state index contributed by atoms with van der Waals surface area (Å²) in [5.74, 6) is 1.46. The molecule has 1 amide bonds. The smallest absolute Gasteiger partial charge is 0.263 e. The van der Waals surface area contributed by atoms with E-state index in [4.69, 9.17) is 4.74 Å². The molecule has 0 radical (unpaired) electrons. The van der Waals surface area contributed by atoms with Crippen LogP contribution < -0.4 is 4.74 Å². The average Bonchev–Trinajstić information content (AvgIpc) is 2.84. The van der Waals surface area contributed by atoms with Crippen LogP contribution in [0.1, 0.15) is 46.6 Å². The summed E-state index contributed by atoms with van der Waals surface area (Å²) in [6, 6.07) is 8.06. The molecule has 2 atom stereocenters. The third-order valence-electron chi connectivity index (χ3n) is 4.12. The van der Waals surface area contributed by atoms with Crippen LogP contribution >= 0.6 is 0 Å². The number of carbonyl (C=O) groups excluding carboxylic acids is 1. The quantitative estimate of drug-likeness (QED) is 0.850. The zero-order chi connectivity index (χ0) is 15.6. The first-order valence-electron chi connectivity index (χ1n) is 7.83. The molecule has 0 bridgehead atoms. The first-order valence-corrected chi connectivity index (χ1v) is 7.83. The van der Waals surface area contributed by atoms with Gasteiger partial charge >= 0.3 is 0 Å². The SMILES string of the molecule is CC1CCN(C(=O)C(C)Oc2ccc(C(C)(C)C)cc2)C1. The fraction of sp³-hybridized carbons (Fsp3) is 0.611. The van der Waals surface area contributed by atoms with Gasteiger partial charge in [-0.25, -0.2) is 0 Å². The molecule has 116 valence electrons. The zero-order valence-corrected chi connectivity index (χ0v) is 13.8. The van der Waals surface area contributed by atoms with Gasteiger partial charge < -0.3 is 9.64 Å². The number of amides is 1.